The van der Waals surface area contributed by atoms with Gasteiger partial charge in [0, 0.05) is 5.92 Å². The van der Waals surface area contributed by atoms with Gasteiger partial charge in [0.1, 0.15) is 0 Å². The summed E-state index contributed by atoms with van der Waals surface area (Å²) in [6, 6.07) is 0. The van der Waals surface area contributed by atoms with Crippen molar-refractivity contribution in [3.05, 3.63) is 0 Å². The van der Waals surface area contributed by atoms with Crippen molar-refractivity contribution >= 4 is 0 Å². The second-order valence-corrected chi connectivity index (χ2v) is 2.90. The molecule has 0 aromatic rings. The van der Waals surface area contributed by atoms with Crippen LogP contribution in [0.5, 0.6) is 0 Å². The van der Waals surface area contributed by atoms with Crippen LogP contribution in [-0.4, -0.2) is 23.4 Å². The Kier molecular flexibility index (Phi) is 1.78. The van der Waals surface area contributed by atoms with Gasteiger partial charge in [-0.3, -0.25) is 0 Å². The Hall–Kier alpha value is -0.0800. The molecule has 0 aromatic carbocycles. The maximum atomic E-state index is 9.31. The molecular weight excluding hydrogens is 116 g/mol. The van der Waals surface area contributed by atoms with Crippen molar-refractivity contribution in [3.8, 4) is 0 Å². The van der Waals surface area contributed by atoms with E-state index in [4.69, 9.17) is 4.74 Å². The number of rotatable bonds is 0. The zero-order valence-corrected chi connectivity index (χ0v) is 6.16. The molecule has 1 fully saturated rings. The van der Waals surface area contributed by atoms with Crippen LogP contribution in [0.25, 0.3) is 0 Å². The number of aliphatic hydroxyl groups excluding tert-OH is 1. The summed E-state index contributed by atoms with van der Waals surface area (Å²) < 4.78 is 5.34. The molecule has 0 aliphatic carbocycles. The van der Waals surface area contributed by atoms with E-state index in [1.807, 2.05) is 20.8 Å². The summed E-state index contributed by atoms with van der Waals surface area (Å²) in [5, 5.41) is 9.31. The van der Waals surface area contributed by atoms with Crippen LogP contribution in [-0.2, 0) is 4.74 Å². The van der Waals surface area contributed by atoms with Crippen LogP contribution in [0.3, 0.4) is 0 Å². The molecule has 0 aromatic heterocycles. The molecule has 54 valence electrons. The SMILES string of the molecule is C[C@@H]1[C@H](O)[C@@H](C)O[C@H]1C. The molecule has 0 amide bonds. The van der Waals surface area contributed by atoms with Gasteiger partial charge in [-0.15, -0.1) is 0 Å². The fourth-order valence-corrected chi connectivity index (χ4v) is 1.25. The van der Waals surface area contributed by atoms with Crippen molar-refractivity contribution in [2.75, 3.05) is 0 Å². The van der Waals surface area contributed by atoms with Crippen LogP contribution in [0, 0.1) is 5.92 Å². The molecule has 1 aliphatic heterocycles. The molecule has 1 saturated heterocycles. The van der Waals surface area contributed by atoms with E-state index in [2.05, 4.69) is 0 Å². The normalized spacial score (nSPS) is 52.0. The molecule has 2 heteroatoms. The van der Waals surface area contributed by atoms with Gasteiger partial charge in [0.2, 0.25) is 0 Å². The van der Waals surface area contributed by atoms with Crippen LogP contribution in [0.15, 0.2) is 0 Å². The third-order valence-corrected chi connectivity index (χ3v) is 2.19. The summed E-state index contributed by atoms with van der Waals surface area (Å²) in [7, 11) is 0. The van der Waals surface area contributed by atoms with Gasteiger partial charge >= 0.3 is 0 Å². The van der Waals surface area contributed by atoms with Crippen LogP contribution in [0.1, 0.15) is 20.8 Å². The molecule has 1 rings (SSSR count). The lowest BCUT2D eigenvalue weighted by molar-refractivity contribution is 0.0287. The van der Waals surface area contributed by atoms with Crippen molar-refractivity contribution in [3.63, 3.8) is 0 Å². The molecule has 1 N–H and O–H groups in total. The van der Waals surface area contributed by atoms with E-state index >= 15 is 0 Å². The average molecular weight is 130 g/mol. The second-order valence-electron chi connectivity index (χ2n) is 2.90. The highest BCUT2D eigenvalue weighted by Gasteiger charge is 2.34. The van der Waals surface area contributed by atoms with Gasteiger partial charge in [-0.2, -0.15) is 0 Å². The molecule has 1 aliphatic rings. The predicted octanol–water partition coefficient (Wildman–Crippen LogP) is 0.791. The molecule has 0 radical (unpaired) electrons. The van der Waals surface area contributed by atoms with Crippen molar-refractivity contribution in [2.45, 2.75) is 39.1 Å². The maximum Gasteiger partial charge on any atom is 0.0849 e. The van der Waals surface area contributed by atoms with E-state index in [1.54, 1.807) is 0 Å². The number of aliphatic hydroxyl groups is 1. The monoisotopic (exact) mass is 130 g/mol. The summed E-state index contributed by atoms with van der Waals surface area (Å²) in [5.74, 6) is 0.292. The van der Waals surface area contributed by atoms with Crippen LogP contribution >= 0.6 is 0 Å². The van der Waals surface area contributed by atoms with Crippen molar-refractivity contribution in [1.82, 2.24) is 0 Å². The smallest absolute Gasteiger partial charge is 0.0849 e. The topological polar surface area (TPSA) is 29.5 Å². The lowest BCUT2D eigenvalue weighted by Gasteiger charge is -2.09. The summed E-state index contributed by atoms with van der Waals surface area (Å²) in [5.41, 5.74) is 0. The minimum atomic E-state index is -0.264. The highest BCUT2D eigenvalue weighted by atomic mass is 16.5. The summed E-state index contributed by atoms with van der Waals surface area (Å²) >= 11 is 0. The number of hydrogen-bond acceptors (Lipinski definition) is 2. The fourth-order valence-electron chi connectivity index (χ4n) is 1.25. The third-order valence-electron chi connectivity index (χ3n) is 2.19. The van der Waals surface area contributed by atoms with Crippen molar-refractivity contribution < 1.29 is 9.84 Å². The van der Waals surface area contributed by atoms with Gasteiger partial charge in [-0.25, -0.2) is 0 Å². The molecule has 0 saturated carbocycles. The van der Waals surface area contributed by atoms with E-state index in [-0.39, 0.29) is 18.3 Å². The predicted molar refractivity (Wildman–Crippen MR) is 35.2 cm³/mol. The van der Waals surface area contributed by atoms with Gasteiger partial charge in [-0.05, 0) is 13.8 Å². The first-order valence-corrected chi connectivity index (χ1v) is 3.46. The summed E-state index contributed by atoms with van der Waals surface area (Å²) in [6.07, 6.45) is -0.0231. The first-order valence-electron chi connectivity index (χ1n) is 3.46. The maximum absolute atomic E-state index is 9.31. The molecule has 2 nitrogen and oxygen atoms in total. The molecule has 0 bridgehead atoms. The Balaban J connectivity index is 2.54. The summed E-state index contributed by atoms with van der Waals surface area (Å²) in [4.78, 5) is 0. The third kappa shape index (κ3) is 1.10. The minimum Gasteiger partial charge on any atom is -0.390 e. The minimum absolute atomic E-state index is 0.0231. The Bertz CT molecular complexity index is 91.1. The second kappa shape index (κ2) is 2.27. The fraction of sp³-hybridized carbons (Fsp3) is 1.00. The quantitative estimate of drug-likeness (QED) is 0.525. The zero-order valence-electron chi connectivity index (χ0n) is 6.16. The molecule has 1 heterocycles. The lowest BCUT2D eigenvalue weighted by Crippen LogP contribution is -2.22. The Morgan fingerprint density at radius 3 is 1.78 bits per heavy atom. The van der Waals surface area contributed by atoms with Crippen LogP contribution < -0.4 is 0 Å². The lowest BCUT2D eigenvalue weighted by atomic mass is 10.0. The van der Waals surface area contributed by atoms with Gasteiger partial charge < -0.3 is 9.84 Å². The molecule has 0 unspecified atom stereocenters. The van der Waals surface area contributed by atoms with Gasteiger partial charge in [0.25, 0.3) is 0 Å². The van der Waals surface area contributed by atoms with Gasteiger partial charge in [0.05, 0.1) is 18.3 Å². The standard InChI is InChI=1S/C7H14O2/c1-4-5(2)9-6(3)7(4)8/h4-8H,1-3H3/t4-,5-,6+,7-/m0/s1. The largest absolute Gasteiger partial charge is 0.390 e. The van der Waals surface area contributed by atoms with E-state index in [9.17, 15) is 5.11 Å². The van der Waals surface area contributed by atoms with Crippen molar-refractivity contribution in [1.29, 1.82) is 0 Å². The van der Waals surface area contributed by atoms with Gasteiger partial charge in [-0.1, -0.05) is 6.92 Å². The highest BCUT2D eigenvalue weighted by Crippen LogP contribution is 2.25. The number of ether oxygens (including phenoxy) is 1. The number of hydrogen-bond donors (Lipinski definition) is 1. The molecule has 9 heavy (non-hydrogen) atoms. The van der Waals surface area contributed by atoms with Gasteiger partial charge in [0.15, 0.2) is 0 Å². The highest BCUT2D eigenvalue weighted by molar-refractivity contribution is 4.82. The van der Waals surface area contributed by atoms with Crippen LogP contribution in [0.4, 0.5) is 0 Å². The first-order chi connectivity index (χ1) is 4.13. The Labute approximate surface area is 55.8 Å². The van der Waals surface area contributed by atoms with Crippen LogP contribution in [0.2, 0.25) is 0 Å². The zero-order chi connectivity index (χ0) is 7.02. The van der Waals surface area contributed by atoms with Crippen molar-refractivity contribution in [2.24, 2.45) is 5.92 Å². The van der Waals surface area contributed by atoms with E-state index < -0.39 is 0 Å². The van der Waals surface area contributed by atoms with E-state index in [1.165, 1.54) is 0 Å². The molecule has 0 spiro atoms. The molecular formula is C7H14O2. The average Bonchev–Trinajstić information content (AvgIpc) is 1.98. The van der Waals surface area contributed by atoms with E-state index in [0.29, 0.717) is 5.92 Å². The van der Waals surface area contributed by atoms with E-state index in [0.717, 1.165) is 0 Å². The first kappa shape index (κ1) is 7.03. The Morgan fingerprint density at radius 1 is 1.11 bits per heavy atom. The molecule has 4 atom stereocenters. The Morgan fingerprint density at radius 2 is 1.67 bits per heavy atom. The summed E-state index contributed by atoms with van der Waals surface area (Å²) in [6.45, 7) is 5.92.